The predicted octanol–water partition coefficient (Wildman–Crippen LogP) is 2.18. The largest absolute Gasteiger partial charge is 0.493 e. The Kier molecular flexibility index (Phi) is 5.38. The van der Waals surface area contributed by atoms with Crippen LogP contribution in [0.25, 0.3) is 0 Å². The smallest absolute Gasteiger partial charge is 0.124 e. The second-order valence-electron chi connectivity index (χ2n) is 4.48. The van der Waals surface area contributed by atoms with E-state index in [0.717, 1.165) is 18.5 Å². The van der Waals surface area contributed by atoms with Crippen LogP contribution in [0.3, 0.4) is 0 Å². The topological polar surface area (TPSA) is 38.5 Å². The third-order valence-electron chi connectivity index (χ3n) is 2.47. The molecule has 0 aromatic heterocycles. The molecule has 0 aliphatic heterocycles. The zero-order valence-electron chi connectivity index (χ0n) is 10.7. The molecule has 0 heterocycles. The maximum Gasteiger partial charge on any atom is 0.124 e. The highest BCUT2D eigenvalue weighted by Gasteiger charge is 2.09. The first-order chi connectivity index (χ1) is 8.00. The fourth-order valence-corrected chi connectivity index (χ4v) is 1.57. The van der Waals surface area contributed by atoms with Crippen molar-refractivity contribution in [2.24, 2.45) is 5.73 Å². The van der Waals surface area contributed by atoms with Gasteiger partial charge in [-0.05, 0) is 45.6 Å². The maximum atomic E-state index is 13.1. The van der Waals surface area contributed by atoms with Crippen LogP contribution < -0.4 is 10.5 Å². The predicted molar refractivity (Wildman–Crippen MR) is 67.7 cm³/mol. The Bertz CT molecular complexity index is 353. The second-order valence-corrected chi connectivity index (χ2v) is 4.48. The Hall–Kier alpha value is -1.13. The SMILES string of the molecule is C[C@H](N)c1cc(F)ccc1OCCCN(C)C. The van der Waals surface area contributed by atoms with E-state index in [4.69, 9.17) is 10.5 Å². The molecule has 0 amide bonds. The van der Waals surface area contributed by atoms with E-state index in [2.05, 4.69) is 4.90 Å². The summed E-state index contributed by atoms with van der Waals surface area (Å²) in [5, 5.41) is 0. The minimum absolute atomic E-state index is 0.227. The van der Waals surface area contributed by atoms with Crippen molar-refractivity contribution in [1.82, 2.24) is 4.90 Å². The van der Waals surface area contributed by atoms with Crippen molar-refractivity contribution in [1.29, 1.82) is 0 Å². The van der Waals surface area contributed by atoms with E-state index in [1.807, 2.05) is 21.0 Å². The van der Waals surface area contributed by atoms with Crippen molar-refractivity contribution < 1.29 is 9.13 Å². The average molecular weight is 240 g/mol. The summed E-state index contributed by atoms with van der Waals surface area (Å²) in [6, 6.07) is 4.25. The van der Waals surface area contributed by atoms with Crippen LogP contribution in [-0.2, 0) is 0 Å². The molecule has 0 unspecified atom stereocenters. The van der Waals surface area contributed by atoms with Crippen LogP contribution >= 0.6 is 0 Å². The van der Waals surface area contributed by atoms with E-state index in [0.29, 0.717) is 12.4 Å². The third kappa shape index (κ3) is 4.71. The van der Waals surface area contributed by atoms with Crippen LogP contribution in [-0.4, -0.2) is 32.1 Å². The van der Waals surface area contributed by atoms with Crippen molar-refractivity contribution in [3.05, 3.63) is 29.6 Å². The molecule has 3 nitrogen and oxygen atoms in total. The van der Waals surface area contributed by atoms with E-state index in [-0.39, 0.29) is 11.9 Å². The van der Waals surface area contributed by atoms with Crippen molar-refractivity contribution in [3.63, 3.8) is 0 Å². The lowest BCUT2D eigenvalue weighted by molar-refractivity contribution is 0.278. The maximum absolute atomic E-state index is 13.1. The van der Waals surface area contributed by atoms with E-state index in [9.17, 15) is 4.39 Å². The van der Waals surface area contributed by atoms with E-state index in [1.165, 1.54) is 12.1 Å². The highest BCUT2D eigenvalue weighted by atomic mass is 19.1. The molecule has 96 valence electrons. The lowest BCUT2D eigenvalue weighted by atomic mass is 10.1. The van der Waals surface area contributed by atoms with Crippen molar-refractivity contribution in [2.75, 3.05) is 27.2 Å². The van der Waals surface area contributed by atoms with Gasteiger partial charge in [0.25, 0.3) is 0 Å². The molecular formula is C13H21FN2O. The van der Waals surface area contributed by atoms with Gasteiger partial charge in [0.1, 0.15) is 11.6 Å². The lowest BCUT2D eigenvalue weighted by Crippen LogP contribution is -2.16. The van der Waals surface area contributed by atoms with Gasteiger partial charge in [-0.3, -0.25) is 0 Å². The van der Waals surface area contributed by atoms with Crippen LogP contribution in [0.15, 0.2) is 18.2 Å². The second kappa shape index (κ2) is 6.57. The molecule has 1 atom stereocenters. The van der Waals surface area contributed by atoms with Gasteiger partial charge in [-0.15, -0.1) is 0 Å². The summed E-state index contributed by atoms with van der Waals surface area (Å²) in [6.07, 6.45) is 0.933. The first-order valence-electron chi connectivity index (χ1n) is 5.83. The number of benzene rings is 1. The number of rotatable bonds is 6. The number of ether oxygens (including phenoxy) is 1. The van der Waals surface area contributed by atoms with Gasteiger partial charge in [-0.25, -0.2) is 4.39 Å². The van der Waals surface area contributed by atoms with E-state index >= 15 is 0 Å². The molecule has 0 radical (unpaired) electrons. The van der Waals surface area contributed by atoms with Crippen molar-refractivity contribution in [3.8, 4) is 5.75 Å². The molecule has 1 aromatic carbocycles. The standard InChI is InChI=1S/C13H21FN2O/c1-10(15)12-9-11(14)5-6-13(12)17-8-4-7-16(2)3/h5-6,9-10H,4,7-8,15H2,1-3H3/t10-/m0/s1. The zero-order chi connectivity index (χ0) is 12.8. The van der Waals surface area contributed by atoms with Gasteiger partial charge in [0.15, 0.2) is 0 Å². The zero-order valence-corrected chi connectivity index (χ0v) is 10.7. The molecule has 4 heteroatoms. The van der Waals surface area contributed by atoms with Crippen molar-refractivity contribution in [2.45, 2.75) is 19.4 Å². The summed E-state index contributed by atoms with van der Waals surface area (Å²) in [7, 11) is 4.04. The summed E-state index contributed by atoms with van der Waals surface area (Å²) in [5.74, 6) is 0.401. The summed E-state index contributed by atoms with van der Waals surface area (Å²) in [5.41, 5.74) is 6.50. The summed E-state index contributed by atoms with van der Waals surface area (Å²) in [4.78, 5) is 2.10. The number of hydrogen-bond acceptors (Lipinski definition) is 3. The number of halogens is 1. The van der Waals surface area contributed by atoms with Gasteiger partial charge in [-0.1, -0.05) is 0 Å². The molecule has 17 heavy (non-hydrogen) atoms. The Balaban J connectivity index is 2.58. The molecule has 2 N–H and O–H groups in total. The van der Waals surface area contributed by atoms with Crippen LogP contribution in [0, 0.1) is 5.82 Å². The Morgan fingerprint density at radius 3 is 2.71 bits per heavy atom. The third-order valence-corrected chi connectivity index (χ3v) is 2.47. The molecule has 1 rings (SSSR count). The number of nitrogens with two attached hydrogens (primary N) is 1. The molecule has 0 spiro atoms. The Morgan fingerprint density at radius 2 is 2.12 bits per heavy atom. The lowest BCUT2D eigenvalue weighted by Gasteiger charge is -2.15. The molecule has 0 aliphatic carbocycles. The fourth-order valence-electron chi connectivity index (χ4n) is 1.57. The highest BCUT2D eigenvalue weighted by molar-refractivity contribution is 5.36. The molecule has 1 aromatic rings. The molecule has 0 saturated heterocycles. The Morgan fingerprint density at radius 1 is 1.41 bits per heavy atom. The fraction of sp³-hybridized carbons (Fsp3) is 0.538. The van der Waals surface area contributed by atoms with Gasteiger partial charge < -0.3 is 15.4 Å². The minimum Gasteiger partial charge on any atom is -0.493 e. The minimum atomic E-state index is -0.280. The van der Waals surface area contributed by atoms with E-state index in [1.54, 1.807) is 6.07 Å². The van der Waals surface area contributed by atoms with Gasteiger partial charge in [0.2, 0.25) is 0 Å². The summed E-state index contributed by atoms with van der Waals surface area (Å²) in [6.45, 7) is 3.40. The van der Waals surface area contributed by atoms with Gasteiger partial charge in [0.05, 0.1) is 6.61 Å². The molecular weight excluding hydrogens is 219 g/mol. The van der Waals surface area contributed by atoms with Crippen molar-refractivity contribution >= 4 is 0 Å². The van der Waals surface area contributed by atoms with E-state index < -0.39 is 0 Å². The van der Waals surface area contributed by atoms with Crippen LogP contribution in [0.2, 0.25) is 0 Å². The first-order valence-corrected chi connectivity index (χ1v) is 5.83. The summed E-state index contributed by atoms with van der Waals surface area (Å²) < 4.78 is 18.7. The van der Waals surface area contributed by atoms with Crippen LogP contribution in [0.4, 0.5) is 4.39 Å². The monoisotopic (exact) mass is 240 g/mol. The summed E-state index contributed by atoms with van der Waals surface area (Å²) >= 11 is 0. The Labute approximate surface area is 102 Å². The quantitative estimate of drug-likeness (QED) is 0.774. The van der Waals surface area contributed by atoms with Crippen LogP contribution in [0.1, 0.15) is 24.9 Å². The average Bonchev–Trinajstić information content (AvgIpc) is 2.25. The molecule has 0 fully saturated rings. The van der Waals surface area contributed by atoms with Gasteiger partial charge in [-0.2, -0.15) is 0 Å². The first kappa shape index (κ1) is 13.9. The molecule has 0 bridgehead atoms. The highest BCUT2D eigenvalue weighted by Crippen LogP contribution is 2.24. The van der Waals surface area contributed by atoms with Gasteiger partial charge >= 0.3 is 0 Å². The molecule has 0 aliphatic rings. The normalized spacial score (nSPS) is 12.8. The number of nitrogens with zero attached hydrogens (tertiary/aromatic N) is 1. The molecule has 0 saturated carbocycles. The van der Waals surface area contributed by atoms with Crippen LogP contribution in [0.5, 0.6) is 5.75 Å². The van der Waals surface area contributed by atoms with Gasteiger partial charge in [0, 0.05) is 18.2 Å². The number of hydrogen-bond donors (Lipinski definition) is 1.